The molecule has 1 aliphatic heterocycles. The second kappa shape index (κ2) is 10.1. The highest BCUT2D eigenvalue weighted by atomic mass is 35.5. The molecule has 1 aliphatic rings. The number of hydrogen-bond acceptors (Lipinski definition) is 4. The number of carbonyl (C=O) groups is 2. The topological polar surface area (TPSA) is 105 Å². The smallest absolute Gasteiger partial charge is 0.319 e. The average molecular weight is 357 g/mol. The van der Waals surface area contributed by atoms with E-state index in [9.17, 15) is 9.59 Å². The summed E-state index contributed by atoms with van der Waals surface area (Å²) in [5.41, 5.74) is 6.95. The van der Waals surface area contributed by atoms with Crippen LogP contribution >= 0.6 is 12.4 Å². The molecular formula is C16H25ClN4O3. The minimum absolute atomic E-state index is 0. The largest absolute Gasteiger partial charge is 0.376 e. The van der Waals surface area contributed by atoms with Crippen LogP contribution < -0.4 is 21.7 Å². The van der Waals surface area contributed by atoms with E-state index in [4.69, 9.17) is 10.5 Å². The van der Waals surface area contributed by atoms with E-state index in [1.165, 1.54) is 0 Å². The maximum Gasteiger partial charge on any atom is 0.319 e. The molecule has 1 heterocycles. The van der Waals surface area contributed by atoms with Gasteiger partial charge in [-0.05, 0) is 43.5 Å². The Morgan fingerprint density at radius 2 is 1.88 bits per heavy atom. The molecule has 1 unspecified atom stereocenters. The summed E-state index contributed by atoms with van der Waals surface area (Å²) in [5.74, 6) is -0.220. The quantitative estimate of drug-likeness (QED) is 0.626. The summed E-state index contributed by atoms with van der Waals surface area (Å²) >= 11 is 0. The standard InChI is InChI=1S/C16H24N4O3.ClH/c1-2-14(17)15(21)19-11-5-7-12(8-6-11)20-16(22)18-10-13-4-3-9-23-13;/h5-8,13-14H,2-4,9-10,17H2,1H3,(H,19,21)(H2,18,20,22);1H/t13?,14-;/m0./s1. The molecule has 1 aromatic rings. The zero-order valence-electron chi connectivity index (χ0n) is 13.7. The van der Waals surface area contributed by atoms with Crippen molar-refractivity contribution in [1.82, 2.24) is 5.32 Å². The lowest BCUT2D eigenvalue weighted by Crippen LogP contribution is -2.35. The minimum Gasteiger partial charge on any atom is -0.376 e. The van der Waals surface area contributed by atoms with Gasteiger partial charge in [0.2, 0.25) is 5.91 Å². The summed E-state index contributed by atoms with van der Waals surface area (Å²) in [4.78, 5) is 23.5. The van der Waals surface area contributed by atoms with Gasteiger partial charge in [-0.25, -0.2) is 4.79 Å². The SMILES string of the molecule is CC[C@H](N)C(=O)Nc1ccc(NC(=O)NCC2CCCO2)cc1.Cl. The van der Waals surface area contributed by atoms with E-state index >= 15 is 0 Å². The highest BCUT2D eigenvalue weighted by Crippen LogP contribution is 2.14. The van der Waals surface area contributed by atoms with E-state index in [1.54, 1.807) is 24.3 Å². The molecule has 0 aliphatic carbocycles. The molecule has 7 nitrogen and oxygen atoms in total. The lowest BCUT2D eigenvalue weighted by Gasteiger charge is -2.13. The molecule has 0 radical (unpaired) electrons. The van der Waals surface area contributed by atoms with Gasteiger partial charge in [0.15, 0.2) is 0 Å². The number of amides is 3. The van der Waals surface area contributed by atoms with Gasteiger partial charge in [-0.15, -0.1) is 12.4 Å². The summed E-state index contributed by atoms with van der Waals surface area (Å²) in [6.45, 7) is 3.13. The molecule has 2 atom stereocenters. The molecular weight excluding hydrogens is 332 g/mol. The third-order valence-corrected chi connectivity index (χ3v) is 3.70. The predicted octanol–water partition coefficient (Wildman–Crippen LogP) is 2.08. The van der Waals surface area contributed by atoms with Crippen molar-refractivity contribution >= 4 is 35.7 Å². The molecule has 1 fully saturated rings. The number of rotatable bonds is 6. The van der Waals surface area contributed by atoms with Crippen LogP contribution in [0.2, 0.25) is 0 Å². The Morgan fingerprint density at radius 1 is 1.25 bits per heavy atom. The maximum absolute atomic E-state index is 11.8. The first-order valence-corrected chi connectivity index (χ1v) is 7.91. The van der Waals surface area contributed by atoms with Crippen LogP contribution in [0.5, 0.6) is 0 Å². The molecule has 0 bridgehead atoms. The maximum atomic E-state index is 11.8. The fourth-order valence-electron chi connectivity index (χ4n) is 2.24. The summed E-state index contributed by atoms with van der Waals surface area (Å²) in [6.07, 6.45) is 2.72. The fourth-order valence-corrected chi connectivity index (χ4v) is 2.24. The van der Waals surface area contributed by atoms with Gasteiger partial charge >= 0.3 is 6.03 Å². The molecule has 0 aromatic heterocycles. The van der Waals surface area contributed by atoms with E-state index in [0.29, 0.717) is 24.3 Å². The van der Waals surface area contributed by atoms with Crippen molar-refractivity contribution in [3.63, 3.8) is 0 Å². The molecule has 5 N–H and O–H groups in total. The molecule has 2 rings (SSSR count). The first-order chi connectivity index (χ1) is 11.1. The van der Waals surface area contributed by atoms with Crippen LogP contribution in [0.25, 0.3) is 0 Å². The third-order valence-electron chi connectivity index (χ3n) is 3.70. The van der Waals surface area contributed by atoms with Crippen molar-refractivity contribution < 1.29 is 14.3 Å². The first kappa shape index (κ1) is 20.2. The van der Waals surface area contributed by atoms with Gasteiger partial charge in [0.1, 0.15) is 0 Å². The number of urea groups is 1. The lowest BCUT2D eigenvalue weighted by molar-refractivity contribution is -0.117. The second-order valence-corrected chi connectivity index (χ2v) is 5.55. The summed E-state index contributed by atoms with van der Waals surface area (Å²) in [6, 6.07) is 6.09. The van der Waals surface area contributed by atoms with E-state index < -0.39 is 6.04 Å². The summed E-state index contributed by atoms with van der Waals surface area (Å²) in [7, 11) is 0. The average Bonchev–Trinajstić information content (AvgIpc) is 3.07. The Kier molecular flexibility index (Phi) is 8.53. The second-order valence-electron chi connectivity index (χ2n) is 5.55. The fraction of sp³-hybridized carbons (Fsp3) is 0.500. The highest BCUT2D eigenvalue weighted by molar-refractivity contribution is 5.95. The van der Waals surface area contributed by atoms with Gasteiger partial charge in [0, 0.05) is 24.5 Å². The zero-order valence-corrected chi connectivity index (χ0v) is 14.5. The number of nitrogens with two attached hydrogens (primary N) is 1. The van der Waals surface area contributed by atoms with Crippen LogP contribution in [0.3, 0.4) is 0 Å². The van der Waals surface area contributed by atoms with E-state index in [1.807, 2.05) is 6.92 Å². The Morgan fingerprint density at radius 3 is 2.42 bits per heavy atom. The number of anilines is 2. The van der Waals surface area contributed by atoms with Gasteiger partial charge in [-0.1, -0.05) is 6.92 Å². The van der Waals surface area contributed by atoms with Gasteiger partial charge in [-0.3, -0.25) is 4.79 Å². The van der Waals surface area contributed by atoms with Crippen LogP contribution in [0, 0.1) is 0 Å². The minimum atomic E-state index is -0.517. The van der Waals surface area contributed by atoms with Gasteiger partial charge in [0.05, 0.1) is 12.1 Å². The molecule has 8 heteroatoms. The first-order valence-electron chi connectivity index (χ1n) is 7.91. The van der Waals surface area contributed by atoms with Crippen molar-refractivity contribution in [2.75, 3.05) is 23.8 Å². The lowest BCUT2D eigenvalue weighted by atomic mass is 10.2. The van der Waals surface area contributed by atoms with Crippen molar-refractivity contribution in [1.29, 1.82) is 0 Å². The Hall–Kier alpha value is -1.83. The van der Waals surface area contributed by atoms with Gasteiger partial charge in [0.25, 0.3) is 0 Å². The van der Waals surface area contributed by atoms with E-state index in [2.05, 4.69) is 16.0 Å². The molecule has 1 saturated heterocycles. The van der Waals surface area contributed by atoms with Gasteiger partial charge < -0.3 is 26.4 Å². The van der Waals surface area contributed by atoms with Gasteiger partial charge in [-0.2, -0.15) is 0 Å². The molecule has 3 amide bonds. The number of halogens is 1. The number of nitrogens with one attached hydrogen (secondary N) is 3. The predicted molar refractivity (Wildman–Crippen MR) is 96.6 cm³/mol. The normalized spacial score (nSPS) is 17.5. The molecule has 24 heavy (non-hydrogen) atoms. The van der Waals surface area contributed by atoms with Crippen LogP contribution in [0.4, 0.5) is 16.2 Å². The van der Waals surface area contributed by atoms with Crippen LogP contribution in [0.1, 0.15) is 26.2 Å². The van der Waals surface area contributed by atoms with Crippen LogP contribution in [-0.4, -0.2) is 37.2 Å². The van der Waals surface area contributed by atoms with Crippen molar-refractivity contribution in [3.8, 4) is 0 Å². The highest BCUT2D eigenvalue weighted by Gasteiger charge is 2.16. The zero-order chi connectivity index (χ0) is 16.7. The Bertz CT molecular complexity index is 533. The molecule has 134 valence electrons. The molecule has 0 saturated carbocycles. The third kappa shape index (κ3) is 6.35. The molecule has 1 aromatic carbocycles. The van der Waals surface area contributed by atoms with E-state index in [-0.39, 0.29) is 30.4 Å². The Balaban J connectivity index is 0.00000288. The molecule has 0 spiro atoms. The Labute approximate surface area is 148 Å². The van der Waals surface area contributed by atoms with E-state index in [0.717, 1.165) is 19.4 Å². The summed E-state index contributed by atoms with van der Waals surface area (Å²) in [5, 5.41) is 8.25. The van der Waals surface area contributed by atoms with Crippen molar-refractivity contribution in [2.45, 2.75) is 38.3 Å². The monoisotopic (exact) mass is 356 g/mol. The van der Waals surface area contributed by atoms with Crippen molar-refractivity contribution in [2.24, 2.45) is 5.73 Å². The van der Waals surface area contributed by atoms with Crippen LogP contribution in [0.15, 0.2) is 24.3 Å². The number of hydrogen-bond donors (Lipinski definition) is 4. The summed E-state index contributed by atoms with van der Waals surface area (Å²) < 4.78 is 5.44. The van der Waals surface area contributed by atoms with Crippen molar-refractivity contribution in [3.05, 3.63) is 24.3 Å². The van der Waals surface area contributed by atoms with Crippen LogP contribution in [-0.2, 0) is 9.53 Å². The number of ether oxygens (including phenoxy) is 1. The number of carbonyl (C=O) groups excluding carboxylic acids is 2. The number of benzene rings is 1.